The van der Waals surface area contributed by atoms with Gasteiger partial charge in [0.15, 0.2) is 0 Å². The highest BCUT2D eigenvalue weighted by atomic mass is 16.3. The van der Waals surface area contributed by atoms with Crippen LogP contribution in [-0.4, -0.2) is 39.7 Å². The van der Waals surface area contributed by atoms with Gasteiger partial charge in [-0.3, -0.25) is 4.79 Å². The Morgan fingerprint density at radius 3 is 2.28 bits per heavy atom. The van der Waals surface area contributed by atoms with Gasteiger partial charge in [-0.05, 0) is 24.5 Å². The Bertz CT molecular complexity index is 861. The first-order chi connectivity index (χ1) is 12.1. The van der Waals surface area contributed by atoms with Crippen LogP contribution in [-0.2, 0) is 11.3 Å². The second-order valence-corrected chi connectivity index (χ2v) is 7.24. The smallest absolute Gasteiger partial charge is 0.222 e. The average Bonchev–Trinajstić information content (AvgIpc) is 2.93. The lowest BCUT2D eigenvalue weighted by molar-refractivity contribution is -0.136. The summed E-state index contributed by atoms with van der Waals surface area (Å²) < 4.78 is 2.17. The van der Waals surface area contributed by atoms with Gasteiger partial charge >= 0.3 is 0 Å². The fourth-order valence-corrected chi connectivity index (χ4v) is 4.00. The second kappa shape index (κ2) is 6.52. The van der Waals surface area contributed by atoms with E-state index in [0.717, 1.165) is 24.0 Å². The number of nitrogens with zero attached hydrogens (tertiary/aromatic N) is 2. The van der Waals surface area contributed by atoms with Crippen LogP contribution in [0.2, 0.25) is 0 Å². The largest absolute Gasteiger partial charge is 0.389 e. The highest BCUT2D eigenvalue weighted by Crippen LogP contribution is 2.29. The molecule has 0 unspecified atom stereocenters. The number of likely N-dealkylation sites (tertiary alicyclic amines) is 1. The first-order valence-corrected chi connectivity index (χ1v) is 9.05. The van der Waals surface area contributed by atoms with Crippen LogP contribution in [0.15, 0.2) is 48.5 Å². The third kappa shape index (κ3) is 3.02. The molecule has 1 amide bonds. The van der Waals surface area contributed by atoms with E-state index < -0.39 is 6.10 Å². The number of hydrogen-bond donors (Lipinski definition) is 1. The zero-order valence-electron chi connectivity index (χ0n) is 14.6. The molecule has 4 nitrogen and oxygen atoms in total. The fourth-order valence-electron chi connectivity index (χ4n) is 4.00. The van der Waals surface area contributed by atoms with Crippen molar-refractivity contribution in [3.05, 3.63) is 48.5 Å². The van der Waals surface area contributed by atoms with Gasteiger partial charge in [-0.15, -0.1) is 0 Å². The van der Waals surface area contributed by atoms with Crippen molar-refractivity contribution in [3.8, 4) is 0 Å². The number of aliphatic hydroxyl groups is 1. The Morgan fingerprint density at radius 1 is 1.04 bits per heavy atom. The number of hydrogen-bond acceptors (Lipinski definition) is 2. The van der Waals surface area contributed by atoms with Gasteiger partial charge in [0.1, 0.15) is 0 Å². The standard InChI is InChI=1S/C21H24N2O2/c1-15-10-11-21(25)22(12-15)13-16(24)14-23-19-8-4-2-6-17(19)18-7-3-5-9-20(18)23/h2-9,15-16,24H,10-14H2,1H3/t15-,16-/m0/s1. The zero-order chi connectivity index (χ0) is 17.4. The summed E-state index contributed by atoms with van der Waals surface area (Å²) in [7, 11) is 0. The molecule has 1 saturated heterocycles. The number of carbonyl (C=O) groups is 1. The molecule has 3 aromatic rings. The van der Waals surface area contributed by atoms with E-state index in [4.69, 9.17) is 0 Å². The zero-order valence-corrected chi connectivity index (χ0v) is 14.6. The van der Waals surface area contributed by atoms with Gasteiger partial charge in [0, 0.05) is 41.3 Å². The third-order valence-corrected chi connectivity index (χ3v) is 5.24. The van der Waals surface area contributed by atoms with Crippen molar-refractivity contribution in [2.24, 2.45) is 5.92 Å². The number of piperidine rings is 1. The number of para-hydroxylation sites is 2. The molecule has 0 bridgehead atoms. The predicted molar refractivity (Wildman–Crippen MR) is 100 cm³/mol. The lowest BCUT2D eigenvalue weighted by Gasteiger charge is -2.32. The Hall–Kier alpha value is -2.33. The van der Waals surface area contributed by atoms with Crippen molar-refractivity contribution in [1.29, 1.82) is 0 Å². The van der Waals surface area contributed by atoms with Crippen LogP contribution in [0.3, 0.4) is 0 Å². The van der Waals surface area contributed by atoms with E-state index in [1.165, 1.54) is 10.8 Å². The van der Waals surface area contributed by atoms with Crippen LogP contribution in [0.25, 0.3) is 21.8 Å². The molecular weight excluding hydrogens is 312 g/mol. The average molecular weight is 336 g/mol. The van der Waals surface area contributed by atoms with E-state index in [1.807, 2.05) is 29.2 Å². The highest BCUT2D eigenvalue weighted by Gasteiger charge is 2.25. The summed E-state index contributed by atoms with van der Waals surface area (Å²) >= 11 is 0. The number of β-amino-alcohol motifs (C(OH)–C–C–N with tert-alkyl or cyclic N) is 1. The van der Waals surface area contributed by atoms with E-state index in [0.29, 0.717) is 25.4 Å². The molecule has 2 heterocycles. The van der Waals surface area contributed by atoms with E-state index >= 15 is 0 Å². The summed E-state index contributed by atoms with van der Waals surface area (Å²) in [5.41, 5.74) is 2.25. The van der Waals surface area contributed by atoms with Crippen molar-refractivity contribution >= 4 is 27.7 Å². The third-order valence-electron chi connectivity index (χ3n) is 5.24. The summed E-state index contributed by atoms with van der Waals surface area (Å²) in [4.78, 5) is 13.9. The second-order valence-electron chi connectivity index (χ2n) is 7.24. The summed E-state index contributed by atoms with van der Waals surface area (Å²) in [5, 5.41) is 13.1. The predicted octanol–water partition coefficient (Wildman–Crippen LogP) is 3.41. The Balaban J connectivity index is 1.62. The maximum absolute atomic E-state index is 12.1. The number of amides is 1. The van der Waals surface area contributed by atoms with E-state index in [-0.39, 0.29) is 5.91 Å². The quantitative estimate of drug-likeness (QED) is 0.793. The maximum atomic E-state index is 12.1. The van der Waals surface area contributed by atoms with Gasteiger partial charge in [-0.1, -0.05) is 43.3 Å². The molecule has 2 atom stereocenters. The Labute approximate surface area is 147 Å². The topological polar surface area (TPSA) is 45.5 Å². The van der Waals surface area contributed by atoms with Crippen molar-refractivity contribution in [2.45, 2.75) is 32.4 Å². The minimum atomic E-state index is -0.575. The first kappa shape index (κ1) is 16.2. The maximum Gasteiger partial charge on any atom is 0.222 e. The molecule has 1 fully saturated rings. The van der Waals surface area contributed by atoms with Gasteiger partial charge in [-0.2, -0.15) is 0 Å². The fraction of sp³-hybridized carbons (Fsp3) is 0.381. The molecular formula is C21H24N2O2. The number of carbonyl (C=O) groups excluding carboxylic acids is 1. The number of aromatic nitrogens is 1. The molecule has 0 aliphatic carbocycles. The molecule has 0 radical (unpaired) electrons. The number of fused-ring (bicyclic) bond motifs is 3. The van der Waals surface area contributed by atoms with Crippen LogP contribution in [0.5, 0.6) is 0 Å². The van der Waals surface area contributed by atoms with Crippen LogP contribution in [0.1, 0.15) is 19.8 Å². The van der Waals surface area contributed by atoms with Gasteiger partial charge in [0.2, 0.25) is 5.91 Å². The minimum Gasteiger partial charge on any atom is -0.389 e. The number of aliphatic hydroxyl groups excluding tert-OH is 1. The highest BCUT2D eigenvalue weighted by molar-refractivity contribution is 6.07. The summed E-state index contributed by atoms with van der Waals surface area (Å²) in [6.45, 7) is 3.82. The molecule has 0 saturated carbocycles. The molecule has 0 spiro atoms. The normalized spacial score (nSPS) is 19.7. The molecule has 2 aromatic carbocycles. The summed E-state index contributed by atoms with van der Waals surface area (Å²) in [5.74, 6) is 0.678. The van der Waals surface area contributed by atoms with Gasteiger partial charge in [0.25, 0.3) is 0 Å². The van der Waals surface area contributed by atoms with Gasteiger partial charge in [-0.25, -0.2) is 0 Å². The molecule has 4 heteroatoms. The van der Waals surface area contributed by atoms with Crippen LogP contribution >= 0.6 is 0 Å². The van der Waals surface area contributed by atoms with Crippen LogP contribution in [0, 0.1) is 5.92 Å². The van der Waals surface area contributed by atoms with Crippen LogP contribution in [0.4, 0.5) is 0 Å². The lowest BCUT2D eigenvalue weighted by Crippen LogP contribution is -2.44. The molecule has 1 aliphatic heterocycles. The number of benzene rings is 2. The van der Waals surface area contributed by atoms with E-state index in [1.54, 1.807) is 0 Å². The van der Waals surface area contributed by atoms with Crippen molar-refractivity contribution in [2.75, 3.05) is 13.1 Å². The Morgan fingerprint density at radius 2 is 1.64 bits per heavy atom. The van der Waals surface area contributed by atoms with Gasteiger partial charge in [0.05, 0.1) is 12.6 Å². The lowest BCUT2D eigenvalue weighted by atomic mass is 9.99. The summed E-state index contributed by atoms with van der Waals surface area (Å²) in [6, 6.07) is 16.6. The molecule has 4 rings (SSSR count). The SMILES string of the molecule is C[C@H]1CCC(=O)N(C[C@H](O)Cn2c3ccccc3c3ccccc32)C1. The van der Waals surface area contributed by atoms with Crippen LogP contribution < -0.4 is 0 Å². The minimum absolute atomic E-state index is 0.166. The Kier molecular flexibility index (Phi) is 4.22. The van der Waals surface area contributed by atoms with Crippen molar-refractivity contribution in [1.82, 2.24) is 9.47 Å². The summed E-state index contributed by atoms with van der Waals surface area (Å²) in [6.07, 6.45) is 0.982. The van der Waals surface area contributed by atoms with E-state index in [2.05, 4.69) is 35.8 Å². The molecule has 1 aliphatic rings. The van der Waals surface area contributed by atoms with Gasteiger partial charge < -0.3 is 14.6 Å². The molecule has 1 aromatic heterocycles. The first-order valence-electron chi connectivity index (χ1n) is 9.05. The molecule has 25 heavy (non-hydrogen) atoms. The molecule has 1 N–H and O–H groups in total. The van der Waals surface area contributed by atoms with E-state index in [9.17, 15) is 9.90 Å². The molecule has 130 valence electrons. The van der Waals surface area contributed by atoms with Crippen molar-refractivity contribution < 1.29 is 9.90 Å². The monoisotopic (exact) mass is 336 g/mol. The number of rotatable bonds is 4. The van der Waals surface area contributed by atoms with Crippen molar-refractivity contribution in [3.63, 3.8) is 0 Å².